The summed E-state index contributed by atoms with van der Waals surface area (Å²) < 4.78 is 3.48. The minimum atomic E-state index is -0.559. The first-order chi connectivity index (χ1) is 14.7. The van der Waals surface area contributed by atoms with Gasteiger partial charge in [-0.05, 0) is 45.3 Å². The minimum absolute atomic E-state index is 0.487. The van der Waals surface area contributed by atoms with Crippen LogP contribution in [0.15, 0.2) is 109 Å². The summed E-state index contributed by atoms with van der Waals surface area (Å²) in [5, 5.41) is 1.58. The molecule has 2 aromatic heterocycles. The fraction of sp³-hybridized carbons (Fsp3) is 0.0385. The van der Waals surface area contributed by atoms with Gasteiger partial charge in [0.15, 0.2) is 0 Å². The van der Waals surface area contributed by atoms with Crippen LogP contribution < -0.4 is 0 Å². The average Bonchev–Trinajstić information content (AvgIpc) is 3.12. The summed E-state index contributed by atoms with van der Waals surface area (Å²) in [5.41, 5.74) is 4.04. The highest BCUT2D eigenvalue weighted by Gasteiger charge is 2.39. The van der Waals surface area contributed by atoms with Crippen molar-refractivity contribution in [2.24, 2.45) is 0 Å². The van der Waals surface area contributed by atoms with Crippen LogP contribution in [0.25, 0.3) is 10.9 Å². The fourth-order valence-corrected chi connectivity index (χ4v) is 5.14. The van der Waals surface area contributed by atoms with Gasteiger partial charge in [0.05, 0.1) is 5.52 Å². The van der Waals surface area contributed by atoms with Crippen molar-refractivity contribution in [3.63, 3.8) is 0 Å². The molecule has 5 aromatic rings. The molecule has 0 aliphatic carbocycles. The molecule has 5 rings (SSSR count). The third kappa shape index (κ3) is 3.04. The molecule has 3 aromatic carbocycles. The van der Waals surface area contributed by atoms with E-state index in [1.165, 1.54) is 16.7 Å². The highest BCUT2D eigenvalue weighted by atomic mass is 127. The molecule has 0 fully saturated rings. The van der Waals surface area contributed by atoms with Gasteiger partial charge in [0.25, 0.3) is 0 Å². The molecule has 0 aliphatic rings. The largest absolute Gasteiger partial charge is 0.328 e. The van der Waals surface area contributed by atoms with Gasteiger partial charge in [-0.1, -0.05) is 103 Å². The van der Waals surface area contributed by atoms with Crippen LogP contribution in [-0.2, 0) is 5.54 Å². The van der Waals surface area contributed by atoms with Gasteiger partial charge in [0.1, 0.15) is 10.7 Å². The first-order valence-corrected chi connectivity index (χ1v) is 11.2. The maximum Gasteiger partial charge on any atom is 0.131 e. The summed E-state index contributed by atoms with van der Waals surface area (Å²) in [6.07, 6.45) is 4.07. The lowest BCUT2D eigenvalue weighted by Gasteiger charge is -2.38. The highest BCUT2D eigenvalue weighted by Crippen LogP contribution is 2.43. The van der Waals surface area contributed by atoms with Crippen molar-refractivity contribution in [2.45, 2.75) is 5.54 Å². The second-order valence-electron chi connectivity index (χ2n) is 7.18. The van der Waals surface area contributed by atoms with E-state index in [0.29, 0.717) is 5.15 Å². The molecule has 0 unspecified atom stereocenters. The van der Waals surface area contributed by atoms with E-state index in [1.54, 1.807) is 0 Å². The molecule has 0 atom stereocenters. The molecule has 0 bridgehead atoms. The Morgan fingerprint density at radius 3 is 1.67 bits per heavy atom. The molecular weight excluding hydrogens is 503 g/mol. The zero-order valence-electron chi connectivity index (χ0n) is 16.0. The van der Waals surface area contributed by atoms with E-state index in [-0.39, 0.29) is 0 Å². The van der Waals surface area contributed by atoms with Crippen LogP contribution in [0, 0.1) is 3.57 Å². The van der Waals surface area contributed by atoms with Gasteiger partial charge in [-0.15, -0.1) is 0 Å². The molecule has 0 saturated carbocycles. The molecule has 0 radical (unpaired) electrons. The quantitative estimate of drug-likeness (QED) is 0.140. The molecular formula is C26H18ClIN2. The predicted octanol–water partition coefficient (Wildman–Crippen LogP) is 7.13. The average molecular weight is 521 g/mol. The van der Waals surface area contributed by atoms with E-state index in [4.69, 9.17) is 11.6 Å². The molecule has 4 heteroatoms. The summed E-state index contributed by atoms with van der Waals surface area (Å²) in [6, 6.07) is 33.9. The number of rotatable bonds is 4. The van der Waals surface area contributed by atoms with Gasteiger partial charge in [0.2, 0.25) is 0 Å². The third-order valence-electron chi connectivity index (χ3n) is 5.54. The van der Waals surface area contributed by atoms with E-state index in [2.05, 4.69) is 129 Å². The number of fused-ring (bicyclic) bond motifs is 1. The van der Waals surface area contributed by atoms with Gasteiger partial charge in [-0.3, -0.25) is 0 Å². The van der Waals surface area contributed by atoms with Gasteiger partial charge in [-0.25, -0.2) is 4.98 Å². The number of aromatic nitrogens is 2. The Morgan fingerprint density at radius 2 is 1.20 bits per heavy atom. The number of nitrogens with zero attached hydrogens (tertiary/aromatic N) is 2. The van der Waals surface area contributed by atoms with E-state index in [9.17, 15) is 0 Å². The smallest absolute Gasteiger partial charge is 0.131 e. The number of halogens is 2. The number of hydrogen-bond acceptors (Lipinski definition) is 1. The summed E-state index contributed by atoms with van der Waals surface area (Å²) in [4.78, 5) is 4.33. The summed E-state index contributed by atoms with van der Waals surface area (Å²) >= 11 is 8.75. The van der Waals surface area contributed by atoms with E-state index >= 15 is 0 Å². The molecule has 0 N–H and O–H groups in total. The van der Waals surface area contributed by atoms with Crippen molar-refractivity contribution in [3.05, 3.63) is 135 Å². The van der Waals surface area contributed by atoms with Crippen molar-refractivity contribution in [3.8, 4) is 0 Å². The van der Waals surface area contributed by atoms with Gasteiger partial charge in [0, 0.05) is 21.4 Å². The van der Waals surface area contributed by atoms with Crippen LogP contribution in [0.1, 0.15) is 16.7 Å². The van der Waals surface area contributed by atoms with Crippen molar-refractivity contribution in [2.75, 3.05) is 0 Å². The van der Waals surface area contributed by atoms with Crippen molar-refractivity contribution >= 4 is 45.1 Å². The van der Waals surface area contributed by atoms with Crippen LogP contribution in [0.4, 0.5) is 0 Å². The van der Waals surface area contributed by atoms with Crippen molar-refractivity contribution < 1.29 is 0 Å². The van der Waals surface area contributed by atoms with Crippen LogP contribution in [0.2, 0.25) is 5.15 Å². The second kappa shape index (κ2) is 7.89. The second-order valence-corrected chi connectivity index (χ2v) is 8.73. The molecule has 2 nitrogen and oxygen atoms in total. The fourth-order valence-electron chi connectivity index (χ4n) is 4.29. The maximum absolute atomic E-state index is 6.36. The molecule has 0 amide bonds. The van der Waals surface area contributed by atoms with Gasteiger partial charge >= 0.3 is 0 Å². The Kier molecular flexibility index (Phi) is 5.09. The monoisotopic (exact) mass is 520 g/mol. The normalized spacial score (nSPS) is 11.7. The summed E-state index contributed by atoms with van der Waals surface area (Å²) in [6.45, 7) is 0. The lowest BCUT2D eigenvalue weighted by molar-refractivity contribution is 0.533. The van der Waals surface area contributed by atoms with Crippen LogP contribution in [0.5, 0.6) is 0 Å². The Bertz CT molecular complexity index is 1200. The van der Waals surface area contributed by atoms with E-state index in [1.807, 2.05) is 12.3 Å². The Hall–Kier alpha value is -2.63. The van der Waals surface area contributed by atoms with Crippen LogP contribution in [0.3, 0.4) is 0 Å². The maximum atomic E-state index is 6.36. The Balaban J connectivity index is 1.99. The van der Waals surface area contributed by atoms with Gasteiger partial charge in [-0.2, -0.15) is 0 Å². The van der Waals surface area contributed by atoms with Gasteiger partial charge < -0.3 is 4.57 Å². The Morgan fingerprint density at radius 1 is 0.733 bits per heavy atom. The minimum Gasteiger partial charge on any atom is -0.328 e. The first kappa shape index (κ1) is 19.3. The first-order valence-electron chi connectivity index (χ1n) is 9.70. The lowest BCUT2D eigenvalue weighted by Crippen LogP contribution is -2.37. The topological polar surface area (TPSA) is 17.8 Å². The molecule has 0 spiro atoms. The van der Waals surface area contributed by atoms with Crippen molar-refractivity contribution in [1.82, 2.24) is 9.55 Å². The number of pyridine rings is 1. The van der Waals surface area contributed by atoms with E-state index in [0.717, 1.165) is 14.5 Å². The molecule has 30 heavy (non-hydrogen) atoms. The number of benzene rings is 3. The molecule has 2 heterocycles. The van der Waals surface area contributed by atoms with Crippen LogP contribution >= 0.6 is 34.2 Å². The number of hydrogen-bond donors (Lipinski definition) is 0. The van der Waals surface area contributed by atoms with Crippen LogP contribution in [-0.4, -0.2) is 9.55 Å². The summed E-state index contributed by atoms with van der Waals surface area (Å²) in [5.74, 6) is 0. The van der Waals surface area contributed by atoms with E-state index < -0.39 is 5.54 Å². The highest BCUT2D eigenvalue weighted by molar-refractivity contribution is 14.1. The SMILES string of the molecule is Clc1cc2c(cn1)c(I)cn2C(c1ccccc1)(c1ccccc1)c1ccccc1. The lowest BCUT2D eigenvalue weighted by atomic mass is 9.76. The zero-order chi connectivity index (χ0) is 20.6. The summed E-state index contributed by atoms with van der Waals surface area (Å²) in [7, 11) is 0. The zero-order valence-corrected chi connectivity index (χ0v) is 19.0. The standard InChI is InChI=1S/C26H18ClIN2/c27-25-16-24-22(17-29-25)23(28)18-30(24)26(19-10-4-1-5-11-19,20-12-6-2-7-13-20)21-14-8-3-9-15-21/h1-18H. The molecule has 0 saturated heterocycles. The molecule has 146 valence electrons. The molecule has 0 aliphatic heterocycles. The van der Waals surface area contributed by atoms with Crippen molar-refractivity contribution in [1.29, 1.82) is 0 Å². The Labute approximate surface area is 194 Å². The predicted molar refractivity (Wildman–Crippen MR) is 132 cm³/mol. The third-order valence-corrected chi connectivity index (χ3v) is 6.61.